The first kappa shape index (κ1) is 18.5. The number of guanidine groups is 1. The summed E-state index contributed by atoms with van der Waals surface area (Å²) in [5.41, 5.74) is 0.351. The molecule has 0 amide bonds. The zero-order valence-electron chi connectivity index (χ0n) is 16.6. The highest BCUT2D eigenvalue weighted by atomic mass is 16.5. The van der Waals surface area contributed by atoms with Gasteiger partial charge >= 0.3 is 0 Å². The predicted molar refractivity (Wildman–Crippen MR) is 107 cm³/mol. The summed E-state index contributed by atoms with van der Waals surface area (Å²) in [6.07, 6.45) is 9.06. The van der Waals surface area contributed by atoms with Crippen LogP contribution in [0.1, 0.15) is 39.5 Å². The fourth-order valence-electron chi connectivity index (χ4n) is 4.76. The Morgan fingerprint density at radius 3 is 2.56 bits per heavy atom. The summed E-state index contributed by atoms with van der Waals surface area (Å²) in [5.74, 6) is 1.89. The quantitative estimate of drug-likeness (QED) is 0.629. The van der Waals surface area contributed by atoms with Crippen molar-refractivity contribution in [2.24, 2.45) is 10.4 Å². The number of nitrogens with zero attached hydrogens (tertiary/aromatic N) is 5. The Morgan fingerprint density at radius 2 is 1.96 bits per heavy atom. The van der Waals surface area contributed by atoms with E-state index in [-0.39, 0.29) is 0 Å². The van der Waals surface area contributed by atoms with Gasteiger partial charge in [-0.3, -0.25) is 4.99 Å². The van der Waals surface area contributed by atoms with Gasteiger partial charge < -0.3 is 19.9 Å². The molecule has 7 nitrogen and oxygen atoms in total. The summed E-state index contributed by atoms with van der Waals surface area (Å²) in [6, 6.07) is 2.36. The molecule has 3 fully saturated rings. The van der Waals surface area contributed by atoms with Crippen molar-refractivity contribution >= 4 is 11.9 Å². The molecule has 2 atom stereocenters. The average Bonchev–Trinajstić information content (AvgIpc) is 2.66. The zero-order valence-corrected chi connectivity index (χ0v) is 16.6. The SMILES string of the molecule is CCN=C(NC1CC(OCC)C12CCC2)N1CCN(c2ncccn2)CC1. The van der Waals surface area contributed by atoms with Gasteiger partial charge in [0.15, 0.2) is 5.96 Å². The number of aromatic nitrogens is 2. The fraction of sp³-hybridized carbons (Fsp3) is 0.750. The summed E-state index contributed by atoms with van der Waals surface area (Å²) >= 11 is 0. The van der Waals surface area contributed by atoms with E-state index >= 15 is 0 Å². The van der Waals surface area contributed by atoms with Crippen LogP contribution in [0.3, 0.4) is 0 Å². The van der Waals surface area contributed by atoms with Crippen LogP contribution in [0, 0.1) is 5.41 Å². The van der Waals surface area contributed by atoms with Gasteiger partial charge in [0.1, 0.15) is 0 Å². The van der Waals surface area contributed by atoms with E-state index in [0.717, 1.165) is 57.7 Å². The topological polar surface area (TPSA) is 65.9 Å². The zero-order chi connectivity index (χ0) is 18.7. The van der Waals surface area contributed by atoms with Crippen molar-refractivity contribution in [1.29, 1.82) is 0 Å². The predicted octanol–water partition coefficient (Wildman–Crippen LogP) is 1.91. The molecule has 2 saturated carbocycles. The van der Waals surface area contributed by atoms with Crippen molar-refractivity contribution in [2.75, 3.05) is 44.2 Å². The van der Waals surface area contributed by atoms with Gasteiger partial charge in [-0.2, -0.15) is 0 Å². The molecule has 4 rings (SSSR count). The second-order valence-corrected chi connectivity index (χ2v) is 7.78. The van der Waals surface area contributed by atoms with Gasteiger partial charge in [-0.1, -0.05) is 6.42 Å². The number of ether oxygens (including phenoxy) is 1. The maximum Gasteiger partial charge on any atom is 0.225 e. The standard InChI is InChI=1S/C20H32N6O/c1-3-21-19(24-16-15-17(27-4-2)20(16)7-5-8-20)26-13-11-25(12-14-26)18-22-9-6-10-23-18/h6,9-10,16-17H,3-5,7-8,11-15H2,1-2H3,(H,21,24). The molecule has 1 N–H and O–H groups in total. The van der Waals surface area contributed by atoms with Gasteiger partial charge in [-0.05, 0) is 39.2 Å². The Labute approximate surface area is 162 Å². The van der Waals surface area contributed by atoms with Crippen LogP contribution < -0.4 is 10.2 Å². The molecule has 1 spiro atoms. The van der Waals surface area contributed by atoms with Crippen LogP contribution in [0.4, 0.5) is 5.95 Å². The number of rotatable bonds is 5. The Morgan fingerprint density at radius 1 is 1.22 bits per heavy atom. The van der Waals surface area contributed by atoms with Crippen LogP contribution in [-0.2, 0) is 4.74 Å². The van der Waals surface area contributed by atoms with Crippen molar-refractivity contribution < 1.29 is 4.74 Å². The molecule has 1 aromatic heterocycles. The summed E-state index contributed by atoms with van der Waals surface area (Å²) in [7, 11) is 0. The first-order chi connectivity index (χ1) is 13.3. The number of nitrogens with one attached hydrogen (secondary N) is 1. The molecule has 1 aliphatic heterocycles. The van der Waals surface area contributed by atoms with E-state index in [4.69, 9.17) is 9.73 Å². The monoisotopic (exact) mass is 372 g/mol. The Hall–Kier alpha value is -1.89. The fourth-order valence-corrected chi connectivity index (χ4v) is 4.76. The lowest BCUT2D eigenvalue weighted by Crippen LogP contribution is -2.69. The molecule has 27 heavy (non-hydrogen) atoms. The van der Waals surface area contributed by atoms with Crippen LogP contribution in [0.25, 0.3) is 0 Å². The van der Waals surface area contributed by atoms with Gasteiger partial charge in [0.25, 0.3) is 0 Å². The molecule has 0 bridgehead atoms. The summed E-state index contributed by atoms with van der Waals surface area (Å²) < 4.78 is 6.00. The number of hydrogen-bond acceptors (Lipinski definition) is 5. The van der Waals surface area contributed by atoms with Gasteiger partial charge in [0, 0.05) is 63.2 Å². The average molecular weight is 373 g/mol. The third-order valence-corrected chi connectivity index (χ3v) is 6.46. The highest BCUT2D eigenvalue weighted by Gasteiger charge is 2.59. The molecule has 1 aromatic rings. The maximum atomic E-state index is 6.00. The molecule has 3 aliphatic rings. The normalized spacial score (nSPS) is 27.3. The molecule has 7 heteroatoms. The van der Waals surface area contributed by atoms with E-state index in [1.165, 1.54) is 19.3 Å². The first-order valence-corrected chi connectivity index (χ1v) is 10.5. The van der Waals surface area contributed by atoms with E-state index in [1.54, 1.807) is 0 Å². The van der Waals surface area contributed by atoms with Crippen LogP contribution >= 0.6 is 0 Å². The van der Waals surface area contributed by atoms with Gasteiger partial charge in [-0.15, -0.1) is 0 Å². The summed E-state index contributed by atoms with van der Waals surface area (Å²) in [6.45, 7) is 9.57. The Balaban J connectivity index is 1.36. The third kappa shape index (κ3) is 3.49. The van der Waals surface area contributed by atoms with Crippen LogP contribution in [0.5, 0.6) is 0 Å². The van der Waals surface area contributed by atoms with Crippen molar-refractivity contribution in [1.82, 2.24) is 20.2 Å². The van der Waals surface area contributed by atoms with Crippen molar-refractivity contribution in [3.05, 3.63) is 18.5 Å². The lowest BCUT2D eigenvalue weighted by atomic mass is 9.51. The lowest BCUT2D eigenvalue weighted by molar-refractivity contribution is -0.168. The third-order valence-electron chi connectivity index (χ3n) is 6.46. The van der Waals surface area contributed by atoms with Crippen LogP contribution in [0.15, 0.2) is 23.5 Å². The number of aliphatic imine (C=N–C) groups is 1. The molecule has 2 unspecified atom stereocenters. The number of piperazine rings is 1. The van der Waals surface area contributed by atoms with Crippen molar-refractivity contribution in [2.45, 2.75) is 51.7 Å². The molecule has 0 radical (unpaired) electrons. The van der Waals surface area contributed by atoms with E-state index in [2.05, 4.69) is 38.9 Å². The smallest absolute Gasteiger partial charge is 0.225 e. The minimum atomic E-state index is 0.351. The number of anilines is 1. The van der Waals surface area contributed by atoms with Gasteiger partial charge in [0.2, 0.25) is 5.95 Å². The number of hydrogen-bond donors (Lipinski definition) is 1. The Kier molecular flexibility index (Phi) is 5.48. The molecule has 148 valence electrons. The van der Waals surface area contributed by atoms with E-state index < -0.39 is 0 Å². The highest BCUT2D eigenvalue weighted by molar-refractivity contribution is 5.81. The highest BCUT2D eigenvalue weighted by Crippen LogP contribution is 2.57. The van der Waals surface area contributed by atoms with Crippen molar-refractivity contribution in [3.8, 4) is 0 Å². The van der Waals surface area contributed by atoms with Crippen LogP contribution in [-0.4, -0.2) is 72.3 Å². The summed E-state index contributed by atoms with van der Waals surface area (Å²) in [4.78, 5) is 18.2. The minimum absolute atomic E-state index is 0.351. The molecule has 1 saturated heterocycles. The van der Waals surface area contributed by atoms with Gasteiger partial charge in [-0.25, -0.2) is 9.97 Å². The molecular formula is C20H32N6O. The Bertz CT molecular complexity index is 639. The van der Waals surface area contributed by atoms with Crippen LogP contribution in [0.2, 0.25) is 0 Å². The minimum Gasteiger partial charge on any atom is -0.378 e. The van der Waals surface area contributed by atoms with Crippen molar-refractivity contribution in [3.63, 3.8) is 0 Å². The maximum absolute atomic E-state index is 6.00. The van der Waals surface area contributed by atoms with Gasteiger partial charge in [0.05, 0.1) is 6.10 Å². The molecule has 0 aromatic carbocycles. The van der Waals surface area contributed by atoms with E-state index in [9.17, 15) is 0 Å². The van der Waals surface area contributed by atoms with E-state index in [1.807, 2.05) is 18.5 Å². The summed E-state index contributed by atoms with van der Waals surface area (Å²) in [5, 5.41) is 3.81. The first-order valence-electron chi connectivity index (χ1n) is 10.5. The lowest BCUT2D eigenvalue weighted by Gasteiger charge is -2.61. The van der Waals surface area contributed by atoms with E-state index in [0.29, 0.717) is 17.6 Å². The second-order valence-electron chi connectivity index (χ2n) is 7.78. The largest absolute Gasteiger partial charge is 0.378 e. The molecular weight excluding hydrogens is 340 g/mol. The molecule has 2 aliphatic carbocycles. The second kappa shape index (κ2) is 8.00. The molecule has 2 heterocycles.